The topological polar surface area (TPSA) is 114 Å². The van der Waals surface area contributed by atoms with Crippen molar-refractivity contribution in [1.29, 1.82) is 0 Å². The van der Waals surface area contributed by atoms with Crippen LogP contribution in [-0.4, -0.2) is 67.9 Å². The first-order chi connectivity index (χ1) is 21.1. The van der Waals surface area contributed by atoms with Crippen molar-refractivity contribution < 1.29 is 22.8 Å². The zero-order chi connectivity index (χ0) is 31.0. The van der Waals surface area contributed by atoms with Crippen LogP contribution in [0.5, 0.6) is 5.75 Å². The predicted octanol–water partition coefficient (Wildman–Crippen LogP) is 5.23. The average Bonchev–Trinajstić information content (AvgIpc) is 3.67. The molecule has 1 aromatic carbocycles. The van der Waals surface area contributed by atoms with Gasteiger partial charge in [-0.15, -0.1) is 0 Å². The van der Waals surface area contributed by atoms with Crippen molar-refractivity contribution in [2.45, 2.75) is 44.4 Å². The first kappa shape index (κ1) is 29.4. The lowest BCUT2D eigenvalue weighted by Gasteiger charge is -2.18. The van der Waals surface area contributed by atoms with E-state index in [1.807, 2.05) is 30.0 Å². The number of benzene rings is 1. The zero-order valence-electron chi connectivity index (χ0n) is 24.4. The molecule has 13 heteroatoms. The van der Waals surface area contributed by atoms with Gasteiger partial charge in [0.2, 0.25) is 5.91 Å². The number of likely N-dealkylation sites (tertiary alicyclic amines) is 1. The van der Waals surface area contributed by atoms with E-state index in [9.17, 15) is 18.0 Å². The van der Waals surface area contributed by atoms with E-state index in [4.69, 9.17) is 10.6 Å². The Hall–Kier alpha value is -4.65. The largest absolute Gasteiger partial charge is 0.416 e. The number of likely N-dealkylation sites (N-methyl/N-ethyl adjacent to an activating group) is 1. The Balaban J connectivity index is 1.20. The second-order valence-electron chi connectivity index (χ2n) is 11.2. The van der Waals surface area contributed by atoms with Crippen molar-refractivity contribution >= 4 is 28.6 Å². The average molecular weight is 607 g/mol. The summed E-state index contributed by atoms with van der Waals surface area (Å²) in [5.74, 6) is 0.653. The number of carbonyl (C=O) groups excluding carboxylic acids is 1. The van der Waals surface area contributed by atoms with Crippen molar-refractivity contribution in [1.82, 2.24) is 29.3 Å². The van der Waals surface area contributed by atoms with Gasteiger partial charge in [0.1, 0.15) is 17.8 Å². The van der Waals surface area contributed by atoms with Crippen molar-refractivity contribution in [3.05, 3.63) is 72.3 Å². The number of alkyl halides is 3. The molecule has 10 nitrogen and oxygen atoms in total. The number of aromatic nitrogens is 4. The molecule has 4 aromatic rings. The van der Waals surface area contributed by atoms with Gasteiger partial charge in [-0.2, -0.15) is 13.2 Å². The molecule has 3 N–H and O–H groups in total. The monoisotopic (exact) mass is 606 g/mol. The van der Waals surface area contributed by atoms with Crippen LogP contribution in [0.4, 0.5) is 24.8 Å². The second kappa shape index (κ2) is 11.8. The maximum absolute atomic E-state index is 13.0. The molecule has 0 radical (unpaired) electrons. The summed E-state index contributed by atoms with van der Waals surface area (Å²) in [5.41, 5.74) is 11.4. The van der Waals surface area contributed by atoms with Gasteiger partial charge in [-0.3, -0.25) is 9.69 Å². The number of fused-ring (bicyclic) bond motifs is 1. The summed E-state index contributed by atoms with van der Waals surface area (Å²) < 4.78 is 41.2. The molecule has 1 saturated heterocycles. The van der Waals surface area contributed by atoms with Crippen molar-refractivity contribution in [3.8, 4) is 16.9 Å². The Labute approximate surface area is 252 Å². The molecule has 44 heavy (non-hydrogen) atoms. The van der Waals surface area contributed by atoms with Crippen molar-refractivity contribution in [3.63, 3.8) is 0 Å². The normalized spacial score (nSPS) is 17.2. The maximum atomic E-state index is 13.0. The fraction of sp³-hybridized carbons (Fsp3) is 0.355. The number of nitrogens with one attached hydrogen (secondary N) is 1. The number of hydrogen-bond acceptors (Lipinski definition) is 8. The summed E-state index contributed by atoms with van der Waals surface area (Å²) in [7, 11) is 2.08. The highest BCUT2D eigenvalue weighted by atomic mass is 19.4. The lowest BCUT2D eigenvalue weighted by atomic mass is 10.0. The molecule has 0 bridgehead atoms. The molecule has 6 rings (SSSR count). The molecule has 0 unspecified atom stereocenters. The van der Waals surface area contributed by atoms with Gasteiger partial charge < -0.3 is 20.0 Å². The summed E-state index contributed by atoms with van der Waals surface area (Å²) in [6, 6.07) is 9.48. The van der Waals surface area contributed by atoms with E-state index in [-0.39, 0.29) is 17.8 Å². The Morgan fingerprint density at radius 3 is 2.66 bits per heavy atom. The third-order valence-corrected chi connectivity index (χ3v) is 8.23. The van der Waals surface area contributed by atoms with Crippen LogP contribution in [0, 0.1) is 6.92 Å². The van der Waals surface area contributed by atoms with Gasteiger partial charge in [0.05, 0.1) is 17.0 Å². The number of anilines is 2. The third-order valence-electron chi connectivity index (χ3n) is 8.23. The number of rotatable bonds is 9. The van der Waals surface area contributed by atoms with Crippen LogP contribution in [-0.2, 0) is 11.0 Å². The number of amides is 1. The van der Waals surface area contributed by atoms with E-state index in [0.29, 0.717) is 36.3 Å². The molecule has 3 aromatic heterocycles. The first-order valence-electron chi connectivity index (χ1n) is 14.4. The van der Waals surface area contributed by atoms with Crippen LogP contribution in [0.15, 0.2) is 61.1 Å². The SMILES string of the molecule is Cc1c(-c2ccc(ONc3cc(C(F)(F)F)ccn3)cc2)c2c(N)ncnc2n1[C@@H]1CCN(C(=O)/C=C/CN(C)C2CC2)C1. The fourth-order valence-electron chi connectivity index (χ4n) is 5.78. The minimum atomic E-state index is -4.49. The summed E-state index contributed by atoms with van der Waals surface area (Å²) in [4.78, 5) is 35.3. The molecular weight excluding hydrogens is 573 g/mol. The summed E-state index contributed by atoms with van der Waals surface area (Å²) >= 11 is 0. The van der Waals surface area contributed by atoms with E-state index in [1.54, 1.807) is 18.2 Å². The number of pyridine rings is 1. The molecule has 1 saturated carbocycles. The molecule has 4 heterocycles. The van der Waals surface area contributed by atoms with Crippen LogP contribution in [0.2, 0.25) is 0 Å². The van der Waals surface area contributed by atoms with E-state index in [0.717, 1.165) is 53.5 Å². The van der Waals surface area contributed by atoms with Crippen LogP contribution < -0.4 is 16.1 Å². The number of nitrogen functional groups attached to an aromatic ring is 1. The number of halogens is 3. The lowest BCUT2D eigenvalue weighted by molar-refractivity contribution is -0.137. The van der Waals surface area contributed by atoms with Gasteiger partial charge in [0, 0.05) is 49.2 Å². The number of hydrogen-bond donors (Lipinski definition) is 2. The summed E-state index contributed by atoms with van der Waals surface area (Å²) in [5, 5.41) is 0.720. The molecule has 1 atom stereocenters. The van der Waals surface area contributed by atoms with Crippen LogP contribution >= 0.6 is 0 Å². The standard InChI is InChI=1S/C31H33F3N8O2/c1-19-27(20-5-9-24(10-6-20)44-39-25-16-21(11-13-36-25)31(32,33)34)28-29(35)37-18-38-30(28)42(19)23-12-15-41(17-23)26(43)4-3-14-40(2)22-7-8-22/h3-6,9-11,13,16,18,22-23H,7-8,12,14-15,17H2,1-2H3,(H,36,39)(H2,35,37,38)/b4-3+/t23-/m1/s1. The number of carbonyl (C=O) groups is 1. The van der Waals surface area contributed by atoms with Crippen molar-refractivity contribution in [2.75, 3.05) is 37.9 Å². The zero-order valence-corrected chi connectivity index (χ0v) is 24.4. The molecule has 230 valence electrons. The van der Waals surface area contributed by atoms with Crippen LogP contribution in [0.25, 0.3) is 22.2 Å². The minimum Gasteiger partial charge on any atom is -0.383 e. The molecule has 2 fully saturated rings. The lowest BCUT2D eigenvalue weighted by Crippen LogP contribution is -2.28. The Morgan fingerprint density at radius 2 is 1.93 bits per heavy atom. The van der Waals surface area contributed by atoms with Crippen LogP contribution in [0.3, 0.4) is 0 Å². The van der Waals surface area contributed by atoms with Gasteiger partial charge in [0.15, 0.2) is 11.6 Å². The molecule has 1 aliphatic heterocycles. The highest BCUT2D eigenvalue weighted by Gasteiger charge is 2.32. The molecule has 0 spiro atoms. The second-order valence-corrected chi connectivity index (χ2v) is 11.2. The predicted molar refractivity (Wildman–Crippen MR) is 161 cm³/mol. The van der Waals surface area contributed by atoms with E-state index in [1.165, 1.54) is 19.2 Å². The Morgan fingerprint density at radius 1 is 1.16 bits per heavy atom. The van der Waals surface area contributed by atoms with Crippen LogP contribution in [0.1, 0.15) is 36.6 Å². The Kier molecular flexibility index (Phi) is 7.89. The fourth-order valence-corrected chi connectivity index (χ4v) is 5.78. The van der Waals surface area contributed by atoms with Gasteiger partial charge in [0.25, 0.3) is 0 Å². The molecular formula is C31H33F3N8O2. The molecule has 1 amide bonds. The van der Waals surface area contributed by atoms with Gasteiger partial charge in [-0.25, -0.2) is 20.4 Å². The van der Waals surface area contributed by atoms with E-state index < -0.39 is 11.7 Å². The minimum absolute atomic E-state index is 0.00436. The molecule has 1 aliphatic carbocycles. The smallest absolute Gasteiger partial charge is 0.383 e. The van der Waals surface area contributed by atoms with E-state index >= 15 is 0 Å². The highest BCUT2D eigenvalue weighted by Crippen LogP contribution is 2.40. The Bertz CT molecular complexity index is 1700. The quantitative estimate of drug-likeness (QED) is 0.197. The maximum Gasteiger partial charge on any atom is 0.416 e. The molecule has 2 aliphatic rings. The summed E-state index contributed by atoms with van der Waals surface area (Å²) in [6.07, 6.45) is 4.86. The van der Waals surface area contributed by atoms with E-state index in [2.05, 4.69) is 36.9 Å². The number of nitrogens with zero attached hydrogens (tertiary/aromatic N) is 6. The summed E-state index contributed by atoms with van der Waals surface area (Å²) in [6.45, 7) is 3.95. The van der Waals surface area contributed by atoms with Gasteiger partial charge >= 0.3 is 6.18 Å². The first-order valence-corrected chi connectivity index (χ1v) is 14.4. The number of nitrogens with two attached hydrogens (primary N) is 1. The van der Waals surface area contributed by atoms with Gasteiger partial charge in [-0.1, -0.05) is 18.2 Å². The highest BCUT2D eigenvalue weighted by molar-refractivity contribution is 6.02. The van der Waals surface area contributed by atoms with Gasteiger partial charge in [-0.05, 0) is 63.1 Å². The third kappa shape index (κ3) is 6.05. The van der Waals surface area contributed by atoms with Crippen molar-refractivity contribution in [2.24, 2.45) is 0 Å².